The highest BCUT2D eigenvalue weighted by molar-refractivity contribution is 5.90. The number of rotatable bonds is 7. The van der Waals surface area contributed by atoms with Crippen molar-refractivity contribution in [2.45, 2.75) is 32.6 Å². The van der Waals surface area contributed by atoms with Gasteiger partial charge in [-0.15, -0.1) is 0 Å². The summed E-state index contributed by atoms with van der Waals surface area (Å²) in [5.41, 5.74) is 4.09. The van der Waals surface area contributed by atoms with Gasteiger partial charge in [-0.2, -0.15) is 10.4 Å². The molecule has 0 radical (unpaired) electrons. The van der Waals surface area contributed by atoms with Gasteiger partial charge in [-0.05, 0) is 49.1 Å². The summed E-state index contributed by atoms with van der Waals surface area (Å²) < 4.78 is 1.72. The number of nitrogens with zero attached hydrogens (tertiary/aromatic N) is 3. The summed E-state index contributed by atoms with van der Waals surface area (Å²) in [7, 11) is 0. The van der Waals surface area contributed by atoms with E-state index in [9.17, 15) is 9.90 Å². The highest BCUT2D eigenvalue weighted by Gasteiger charge is 2.23. The van der Waals surface area contributed by atoms with Gasteiger partial charge in [0.1, 0.15) is 5.56 Å². The summed E-state index contributed by atoms with van der Waals surface area (Å²) in [5, 5.41) is 23.4. The maximum atomic E-state index is 12.0. The fourth-order valence-corrected chi connectivity index (χ4v) is 3.19. The van der Waals surface area contributed by atoms with Crippen molar-refractivity contribution in [3.05, 3.63) is 82.7 Å². The summed E-state index contributed by atoms with van der Waals surface area (Å²) >= 11 is 0. The molecule has 0 aliphatic carbocycles. The van der Waals surface area contributed by atoms with Crippen molar-refractivity contribution < 1.29 is 9.90 Å². The van der Waals surface area contributed by atoms with Crippen molar-refractivity contribution >= 4 is 5.97 Å². The van der Waals surface area contributed by atoms with Gasteiger partial charge in [0.05, 0.1) is 28.7 Å². The van der Waals surface area contributed by atoms with Crippen molar-refractivity contribution in [3.63, 3.8) is 0 Å². The van der Waals surface area contributed by atoms with Gasteiger partial charge in [-0.3, -0.25) is 0 Å². The molecule has 0 fully saturated rings. The monoisotopic (exact) mass is 359 g/mol. The molecule has 0 bridgehead atoms. The molecule has 0 saturated heterocycles. The van der Waals surface area contributed by atoms with E-state index in [1.54, 1.807) is 28.9 Å². The number of aromatic nitrogens is 2. The van der Waals surface area contributed by atoms with Crippen LogP contribution in [0.3, 0.4) is 0 Å². The molecule has 0 aliphatic rings. The number of carboxylic acids is 1. The third kappa shape index (κ3) is 4.06. The summed E-state index contributed by atoms with van der Waals surface area (Å²) in [5.74, 6) is -0.943. The molecule has 0 spiro atoms. The number of aryl methyl sites for hydroxylation is 2. The zero-order valence-corrected chi connectivity index (χ0v) is 15.2. The molecule has 5 heteroatoms. The average molecular weight is 359 g/mol. The average Bonchev–Trinajstić information content (AvgIpc) is 3.06. The summed E-state index contributed by atoms with van der Waals surface area (Å²) in [6, 6.07) is 19.1. The van der Waals surface area contributed by atoms with Crippen LogP contribution in [0.2, 0.25) is 0 Å². The molecule has 3 rings (SSSR count). The van der Waals surface area contributed by atoms with Gasteiger partial charge < -0.3 is 5.11 Å². The van der Waals surface area contributed by atoms with Crippen molar-refractivity contribution in [3.8, 4) is 11.8 Å². The Balaban J connectivity index is 2.01. The van der Waals surface area contributed by atoms with Gasteiger partial charge in [0.15, 0.2) is 0 Å². The van der Waals surface area contributed by atoms with Crippen molar-refractivity contribution in [1.82, 2.24) is 9.78 Å². The van der Waals surface area contributed by atoms with Gasteiger partial charge in [0, 0.05) is 0 Å². The van der Waals surface area contributed by atoms with Gasteiger partial charge >= 0.3 is 5.97 Å². The van der Waals surface area contributed by atoms with E-state index in [1.165, 1.54) is 0 Å². The lowest BCUT2D eigenvalue weighted by molar-refractivity contribution is 0.0694. The standard InChI is InChI=1S/C22H21N3O2/c1-2-6-20-21(22(26)27)19(14-11-16-7-4-3-5-8-16)24-25(20)18-12-9-17(15-23)10-13-18/h3-5,7-10,12-13H,2,6,11,14H2,1H3,(H,26,27). The molecule has 0 aliphatic heterocycles. The molecule has 3 aromatic rings. The van der Waals surface area contributed by atoms with E-state index in [1.807, 2.05) is 37.3 Å². The number of carbonyl (C=O) groups is 1. The fraction of sp³-hybridized carbons (Fsp3) is 0.227. The molecule has 0 saturated carbocycles. The van der Waals surface area contributed by atoms with Crippen LogP contribution in [-0.4, -0.2) is 20.9 Å². The van der Waals surface area contributed by atoms with Crippen molar-refractivity contribution in [1.29, 1.82) is 5.26 Å². The maximum absolute atomic E-state index is 12.0. The van der Waals surface area contributed by atoms with E-state index in [-0.39, 0.29) is 0 Å². The molecule has 0 amide bonds. The van der Waals surface area contributed by atoms with Gasteiger partial charge in [-0.25, -0.2) is 9.48 Å². The molecule has 0 atom stereocenters. The molecule has 1 heterocycles. The second kappa shape index (κ2) is 8.33. The zero-order chi connectivity index (χ0) is 19.2. The lowest BCUT2D eigenvalue weighted by Gasteiger charge is -2.07. The quantitative estimate of drug-likeness (QED) is 0.686. The normalized spacial score (nSPS) is 10.5. The van der Waals surface area contributed by atoms with Gasteiger partial charge in [-0.1, -0.05) is 43.7 Å². The molecular formula is C22H21N3O2. The Morgan fingerprint density at radius 3 is 2.37 bits per heavy atom. The zero-order valence-electron chi connectivity index (χ0n) is 15.2. The van der Waals surface area contributed by atoms with Crippen LogP contribution in [0.25, 0.3) is 5.69 Å². The lowest BCUT2D eigenvalue weighted by atomic mass is 10.0. The van der Waals surface area contributed by atoms with E-state index in [0.717, 1.165) is 24.1 Å². The van der Waals surface area contributed by atoms with Crippen LogP contribution < -0.4 is 0 Å². The Morgan fingerprint density at radius 1 is 1.07 bits per heavy atom. The summed E-state index contributed by atoms with van der Waals surface area (Å²) in [6.07, 6.45) is 2.74. The minimum Gasteiger partial charge on any atom is -0.478 e. The largest absolute Gasteiger partial charge is 0.478 e. The van der Waals surface area contributed by atoms with Crippen LogP contribution in [-0.2, 0) is 19.3 Å². The lowest BCUT2D eigenvalue weighted by Crippen LogP contribution is -2.07. The first kappa shape index (κ1) is 18.4. The molecule has 0 unspecified atom stereocenters. The molecule has 2 aromatic carbocycles. The number of hydrogen-bond acceptors (Lipinski definition) is 3. The molecule has 5 nitrogen and oxygen atoms in total. The Hall–Kier alpha value is -3.39. The third-order valence-electron chi connectivity index (χ3n) is 4.49. The first-order chi connectivity index (χ1) is 13.1. The smallest absolute Gasteiger partial charge is 0.339 e. The van der Waals surface area contributed by atoms with Crippen LogP contribution in [0.1, 0.15) is 46.2 Å². The maximum Gasteiger partial charge on any atom is 0.339 e. The van der Waals surface area contributed by atoms with Crippen molar-refractivity contribution in [2.75, 3.05) is 0 Å². The number of benzene rings is 2. The predicted molar refractivity (Wildman–Crippen MR) is 103 cm³/mol. The number of hydrogen-bond donors (Lipinski definition) is 1. The highest BCUT2D eigenvalue weighted by atomic mass is 16.4. The summed E-state index contributed by atoms with van der Waals surface area (Å²) in [4.78, 5) is 12.0. The van der Waals surface area contributed by atoms with E-state index in [0.29, 0.717) is 35.4 Å². The van der Waals surface area contributed by atoms with Crippen LogP contribution in [0.4, 0.5) is 0 Å². The van der Waals surface area contributed by atoms with E-state index in [4.69, 9.17) is 5.26 Å². The first-order valence-corrected chi connectivity index (χ1v) is 9.02. The Kier molecular flexibility index (Phi) is 5.68. The third-order valence-corrected chi connectivity index (χ3v) is 4.49. The van der Waals surface area contributed by atoms with Crippen molar-refractivity contribution in [2.24, 2.45) is 0 Å². The van der Waals surface area contributed by atoms with Gasteiger partial charge in [0.2, 0.25) is 0 Å². The van der Waals surface area contributed by atoms with Crippen LogP contribution in [0.15, 0.2) is 54.6 Å². The molecule has 27 heavy (non-hydrogen) atoms. The topological polar surface area (TPSA) is 78.9 Å². The molecular weight excluding hydrogens is 338 g/mol. The van der Waals surface area contributed by atoms with Crippen LogP contribution in [0, 0.1) is 11.3 Å². The number of carboxylic acid groups (broad SMARTS) is 1. The Labute approximate surface area is 158 Å². The van der Waals surface area contributed by atoms with Gasteiger partial charge in [0.25, 0.3) is 0 Å². The molecule has 1 aromatic heterocycles. The van der Waals surface area contributed by atoms with E-state index in [2.05, 4.69) is 11.2 Å². The fourth-order valence-electron chi connectivity index (χ4n) is 3.19. The minimum atomic E-state index is -0.943. The number of nitriles is 1. The second-order valence-electron chi connectivity index (χ2n) is 6.38. The van der Waals surface area contributed by atoms with Crippen LogP contribution in [0.5, 0.6) is 0 Å². The predicted octanol–water partition coefficient (Wildman–Crippen LogP) is 4.18. The first-order valence-electron chi connectivity index (χ1n) is 9.02. The summed E-state index contributed by atoms with van der Waals surface area (Å²) in [6.45, 7) is 2.02. The number of aromatic carboxylic acids is 1. The van der Waals surface area contributed by atoms with E-state index < -0.39 is 5.97 Å². The molecule has 136 valence electrons. The highest BCUT2D eigenvalue weighted by Crippen LogP contribution is 2.22. The van der Waals surface area contributed by atoms with Crippen LogP contribution >= 0.6 is 0 Å². The Bertz CT molecular complexity index is 967. The Morgan fingerprint density at radius 2 is 1.78 bits per heavy atom. The molecule has 1 N–H and O–H groups in total. The van der Waals surface area contributed by atoms with E-state index >= 15 is 0 Å². The second-order valence-corrected chi connectivity index (χ2v) is 6.38. The SMILES string of the molecule is CCCc1c(C(=O)O)c(CCc2ccccc2)nn1-c1ccc(C#N)cc1. The minimum absolute atomic E-state index is 0.303.